The van der Waals surface area contributed by atoms with Crippen LogP contribution in [0.25, 0.3) is 49.7 Å². The molecule has 0 spiro atoms. The topological polar surface area (TPSA) is 6.48 Å². The SMILES string of the molecule is C1=CC(c2ccc(N(c3cccc(-c4ccc(N(c5ccc(-c6ccccc6)cc5)c5ccc(-c6ccccc6)cc5)cc4)c3)c3cccc4ccccc34)cc2)=CCC1. The molecule has 0 aromatic heterocycles. The largest absolute Gasteiger partial charge is 0.311 e. The molecule has 2 heteroatoms. The number of rotatable bonds is 10. The first-order chi connectivity index (χ1) is 29.7. The van der Waals surface area contributed by atoms with Crippen molar-refractivity contribution in [1.82, 2.24) is 0 Å². The minimum Gasteiger partial charge on any atom is -0.311 e. The van der Waals surface area contributed by atoms with Gasteiger partial charge in [-0.3, -0.25) is 0 Å². The fourth-order valence-electron chi connectivity index (χ4n) is 8.40. The summed E-state index contributed by atoms with van der Waals surface area (Å²) in [6.07, 6.45) is 9.06. The Kier molecular flexibility index (Phi) is 10.2. The lowest BCUT2D eigenvalue weighted by Crippen LogP contribution is -2.11. The maximum absolute atomic E-state index is 2.40. The van der Waals surface area contributed by atoms with Crippen LogP contribution in [-0.2, 0) is 0 Å². The molecular formula is C58H44N2. The quantitative estimate of drug-likeness (QED) is 0.137. The number of hydrogen-bond acceptors (Lipinski definition) is 2. The molecule has 9 aromatic rings. The van der Waals surface area contributed by atoms with Crippen molar-refractivity contribution in [2.75, 3.05) is 9.80 Å². The molecule has 0 radical (unpaired) electrons. The fourth-order valence-corrected chi connectivity index (χ4v) is 8.40. The third-order valence-electron chi connectivity index (χ3n) is 11.5. The summed E-state index contributed by atoms with van der Waals surface area (Å²) in [4.78, 5) is 4.74. The van der Waals surface area contributed by atoms with Gasteiger partial charge in [-0.25, -0.2) is 0 Å². The molecule has 0 N–H and O–H groups in total. The standard InChI is InChI=1S/C58H44N2/c1-4-14-43(15-5-1)46-26-34-52(35-27-46)59(53-36-28-47(29-37-53)44-16-6-2-7-17-44)54-38-32-49(33-39-54)51-22-12-23-56(42-51)60(58-25-13-21-50-20-10-11-24-57(50)58)55-40-30-48(31-41-55)45-18-8-3-9-19-45/h1-2,4-8,10-42H,3,9H2. The van der Waals surface area contributed by atoms with Gasteiger partial charge in [-0.05, 0) is 129 Å². The van der Waals surface area contributed by atoms with E-state index in [1.807, 2.05) is 0 Å². The van der Waals surface area contributed by atoms with Crippen LogP contribution in [-0.4, -0.2) is 0 Å². The average molecular weight is 769 g/mol. The molecule has 0 bridgehead atoms. The lowest BCUT2D eigenvalue weighted by Gasteiger charge is -2.28. The van der Waals surface area contributed by atoms with E-state index in [1.54, 1.807) is 0 Å². The number of anilines is 6. The van der Waals surface area contributed by atoms with Gasteiger partial charge in [-0.1, -0.05) is 176 Å². The van der Waals surface area contributed by atoms with Crippen molar-refractivity contribution >= 4 is 50.5 Å². The van der Waals surface area contributed by atoms with E-state index in [0.29, 0.717) is 0 Å². The summed E-state index contributed by atoms with van der Waals surface area (Å²) in [5.41, 5.74) is 16.3. The van der Waals surface area contributed by atoms with Gasteiger partial charge >= 0.3 is 0 Å². The van der Waals surface area contributed by atoms with Gasteiger partial charge < -0.3 is 9.80 Å². The Balaban J connectivity index is 1.01. The number of fused-ring (bicyclic) bond motifs is 1. The molecule has 9 aromatic carbocycles. The first-order valence-electron chi connectivity index (χ1n) is 20.8. The molecule has 10 rings (SSSR count). The molecular weight excluding hydrogens is 725 g/mol. The van der Waals surface area contributed by atoms with Crippen molar-refractivity contribution in [1.29, 1.82) is 0 Å². The van der Waals surface area contributed by atoms with Crippen LogP contribution in [0.2, 0.25) is 0 Å². The molecule has 286 valence electrons. The van der Waals surface area contributed by atoms with E-state index in [-0.39, 0.29) is 0 Å². The zero-order valence-electron chi connectivity index (χ0n) is 33.4. The van der Waals surface area contributed by atoms with Crippen LogP contribution in [0.5, 0.6) is 0 Å². The molecule has 0 saturated heterocycles. The number of nitrogens with zero attached hydrogens (tertiary/aromatic N) is 2. The molecule has 0 saturated carbocycles. The summed E-state index contributed by atoms with van der Waals surface area (Å²) in [7, 11) is 0. The van der Waals surface area contributed by atoms with E-state index in [1.165, 1.54) is 44.2 Å². The predicted molar refractivity (Wildman–Crippen MR) is 256 cm³/mol. The number of allylic oxidation sites excluding steroid dienone is 4. The number of hydrogen-bond donors (Lipinski definition) is 0. The van der Waals surface area contributed by atoms with E-state index in [2.05, 4.69) is 252 Å². The Morgan fingerprint density at radius 3 is 1.32 bits per heavy atom. The van der Waals surface area contributed by atoms with Gasteiger partial charge in [0.25, 0.3) is 0 Å². The van der Waals surface area contributed by atoms with E-state index in [0.717, 1.165) is 58.1 Å². The number of benzene rings is 9. The summed E-state index contributed by atoms with van der Waals surface area (Å²) >= 11 is 0. The molecule has 0 aliphatic heterocycles. The molecule has 1 aliphatic carbocycles. The fraction of sp³-hybridized carbons (Fsp3) is 0.0345. The van der Waals surface area contributed by atoms with Crippen molar-refractivity contribution in [3.8, 4) is 33.4 Å². The lowest BCUT2D eigenvalue weighted by atomic mass is 9.99. The highest BCUT2D eigenvalue weighted by Gasteiger charge is 2.18. The second-order valence-electron chi connectivity index (χ2n) is 15.3. The van der Waals surface area contributed by atoms with Crippen molar-refractivity contribution in [2.45, 2.75) is 12.8 Å². The molecule has 0 fully saturated rings. The summed E-state index contributed by atoms with van der Waals surface area (Å²) in [5.74, 6) is 0. The highest BCUT2D eigenvalue weighted by Crippen LogP contribution is 2.42. The van der Waals surface area contributed by atoms with Gasteiger partial charge in [0.15, 0.2) is 0 Å². The molecule has 0 amide bonds. The van der Waals surface area contributed by atoms with Gasteiger partial charge in [-0.2, -0.15) is 0 Å². The maximum atomic E-state index is 2.40. The van der Waals surface area contributed by atoms with Gasteiger partial charge in [0.1, 0.15) is 0 Å². The van der Waals surface area contributed by atoms with Crippen molar-refractivity contribution in [2.24, 2.45) is 0 Å². The minimum absolute atomic E-state index is 1.09. The van der Waals surface area contributed by atoms with Crippen LogP contribution >= 0.6 is 0 Å². The van der Waals surface area contributed by atoms with E-state index in [9.17, 15) is 0 Å². The predicted octanol–water partition coefficient (Wildman–Crippen LogP) is 16.5. The second kappa shape index (κ2) is 16.7. The van der Waals surface area contributed by atoms with Crippen molar-refractivity contribution < 1.29 is 0 Å². The van der Waals surface area contributed by atoms with Crippen molar-refractivity contribution in [3.05, 3.63) is 248 Å². The zero-order chi connectivity index (χ0) is 40.1. The van der Waals surface area contributed by atoms with Crippen LogP contribution in [0.3, 0.4) is 0 Å². The first-order valence-corrected chi connectivity index (χ1v) is 20.8. The Morgan fingerprint density at radius 1 is 0.300 bits per heavy atom. The zero-order valence-corrected chi connectivity index (χ0v) is 33.4. The van der Waals surface area contributed by atoms with Crippen LogP contribution in [0.15, 0.2) is 243 Å². The van der Waals surface area contributed by atoms with Crippen LogP contribution < -0.4 is 9.80 Å². The second-order valence-corrected chi connectivity index (χ2v) is 15.3. The van der Waals surface area contributed by atoms with E-state index >= 15 is 0 Å². The highest BCUT2D eigenvalue weighted by atomic mass is 15.1. The monoisotopic (exact) mass is 768 g/mol. The summed E-state index contributed by atoms with van der Waals surface area (Å²) in [6, 6.07) is 81.1. The van der Waals surface area contributed by atoms with Crippen LogP contribution in [0.4, 0.5) is 34.1 Å². The smallest absolute Gasteiger partial charge is 0.0540 e. The molecule has 60 heavy (non-hydrogen) atoms. The van der Waals surface area contributed by atoms with E-state index < -0.39 is 0 Å². The average Bonchev–Trinajstić information content (AvgIpc) is 3.34. The molecule has 0 heterocycles. The molecule has 1 aliphatic rings. The molecule has 0 atom stereocenters. The summed E-state index contributed by atoms with van der Waals surface area (Å²) in [5, 5.41) is 2.43. The summed E-state index contributed by atoms with van der Waals surface area (Å²) in [6.45, 7) is 0. The van der Waals surface area contributed by atoms with Crippen molar-refractivity contribution in [3.63, 3.8) is 0 Å². The van der Waals surface area contributed by atoms with Crippen LogP contribution in [0, 0.1) is 0 Å². The van der Waals surface area contributed by atoms with Gasteiger partial charge in [0.2, 0.25) is 0 Å². The third kappa shape index (κ3) is 7.55. The minimum atomic E-state index is 1.09. The van der Waals surface area contributed by atoms with Gasteiger partial charge in [0.05, 0.1) is 5.69 Å². The Morgan fingerprint density at radius 2 is 0.750 bits per heavy atom. The summed E-state index contributed by atoms with van der Waals surface area (Å²) < 4.78 is 0. The van der Waals surface area contributed by atoms with E-state index in [4.69, 9.17) is 0 Å². The maximum Gasteiger partial charge on any atom is 0.0540 e. The molecule has 2 nitrogen and oxygen atoms in total. The Hall–Kier alpha value is -7.68. The Labute approximate surface area is 353 Å². The highest BCUT2D eigenvalue weighted by molar-refractivity contribution is 5.99. The van der Waals surface area contributed by atoms with Gasteiger partial charge in [-0.15, -0.1) is 0 Å². The van der Waals surface area contributed by atoms with Crippen LogP contribution in [0.1, 0.15) is 18.4 Å². The normalized spacial score (nSPS) is 12.2. The third-order valence-corrected chi connectivity index (χ3v) is 11.5. The molecule has 0 unspecified atom stereocenters. The van der Waals surface area contributed by atoms with Gasteiger partial charge in [0, 0.05) is 33.8 Å². The Bertz CT molecular complexity index is 2840. The first kappa shape index (κ1) is 36.6. The lowest BCUT2D eigenvalue weighted by molar-refractivity contribution is 1.04.